The van der Waals surface area contributed by atoms with Crippen LogP contribution in [0.2, 0.25) is 0 Å². The summed E-state index contributed by atoms with van der Waals surface area (Å²) in [6.07, 6.45) is -0.200. The van der Waals surface area contributed by atoms with Crippen LogP contribution in [0.25, 0.3) is 0 Å². The fourth-order valence-corrected chi connectivity index (χ4v) is 4.05. The fourth-order valence-electron chi connectivity index (χ4n) is 4.05. The van der Waals surface area contributed by atoms with Gasteiger partial charge in [0, 0.05) is 6.42 Å². The van der Waals surface area contributed by atoms with E-state index in [-0.39, 0.29) is 18.6 Å². The van der Waals surface area contributed by atoms with Crippen LogP contribution in [0.1, 0.15) is 23.6 Å². The summed E-state index contributed by atoms with van der Waals surface area (Å²) < 4.78 is 22.3. The third-order valence-corrected chi connectivity index (χ3v) is 5.84. The predicted molar refractivity (Wildman–Crippen MR) is 123 cm³/mol. The van der Waals surface area contributed by atoms with Crippen LogP contribution in [-0.2, 0) is 4.79 Å². The monoisotopic (exact) mass is 444 g/mol. The highest BCUT2D eigenvalue weighted by molar-refractivity contribution is 6.03. The summed E-state index contributed by atoms with van der Waals surface area (Å²) in [7, 11) is 3.26. The Labute approximate surface area is 192 Å². The van der Waals surface area contributed by atoms with Gasteiger partial charge in [0.05, 0.1) is 26.0 Å². The van der Waals surface area contributed by atoms with Gasteiger partial charge in [-0.25, -0.2) is 5.01 Å². The van der Waals surface area contributed by atoms with Gasteiger partial charge >= 0.3 is 0 Å². The molecule has 2 unspecified atom stereocenters. The first-order valence-corrected chi connectivity index (χ1v) is 10.7. The molecule has 168 valence electrons. The Morgan fingerprint density at radius 3 is 2.21 bits per heavy atom. The van der Waals surface area contributed by atoms with Crippen LogP contribution >= 0.6 is 0 Å². The number of rotatable bonds is 5. The summed E-state index contributed by atoms with van der Waals surface area (Å²) in [6.45, 7) is 0.134. The van der Waals surface area contributed by atoms with Crippen molar-refractivity contribution in [1.82, 2.24) is 5.01 Å². The van der Waals surface area contributed by atoms with Crippen LogP contribution in [0.4, 0.5) is 0 Å². The lowest BCUT2D eigenvalue weighted by atomic mass is 9.98. The van der Waals surface area contributed by atoms with Gasteiger partial charge in [-0.15, -0.1) is 0 Å². The van der Waals surface area contributed by atoms with E-state index in [4.69, 9.17) is 24.0 Å². The molecule has 5 rings (SSSR count). The Hall–Kier alpha value is -4.00. The van der Waals surface area contributed by atoms with Gasteiger partial charge in [-0.2, -0.15) is 5.10 Å². The summed E-state index contributed by atoms with van der Waals surface area (Å²) in [5.74, 6) is 2.47. The number of ether oxygens (including phenoxy) is 4. The van der Waals surface area contributed by atoms with Crippen LogP contribution in [0.3, 0.4) is 0 Å². The Morgan fingerprint density at radius 2 is 1.55 bits per heavy atom. The summed E-state index contributed by atoms with van der Waals surface area (Å²) in [5, 5.41) is 6.27. The van der Waals surface area contributed by atoms with Crippen LogP contribution in [0.15, 0.2) is 77.9 Å². The number of amides is 1. The van der Waals surface area contributed by atoms with Gasteiger partial charge in [-0.05, 0) is 59.7 Å². The number of benzene rings is 3. The molecule has 0 N–H and O–H groups in total. The molecule has 0 aromatic heterocycles. The zero-order valence-electron chi connectivity index (χ0n) is 18.4. The first kappa shape index (κ1) is 20.9. The summed E-state index contributed by atoms with van der Waals surface area (Å²) >= 11 is 0. The highest BCUT2D eigenvalue weighted by Crippen LogP contribution is 2.36. The molecule has 0 fully saturated rings. The Kier molecular flexibility index (Phi) is 5.60. The predicted octanol–water partition coefficient (Wildman–Crippen LogP) is 4.22. The van der Waals surface area contributed by atoms with E-state index in [9.17, 15) is 4.79 Å². The van der Waals surface area contributed by atoms with E-state index in [2.05, 4.69) is 0 Å². The van der Waals surface area contributed by atoms with Crippen LogP contribution in [0, 0.1) is 0 Å². The number of hydrazone groups is 1. The standard InChI is InChI=1S/C26H24N2O5/c1-30-19-11-7-17(8-12-19)21-15-22(18-9-13-20(31-2)14-10-18)28(27-21)26(29)25-16-32-23-5-3-4-6-24(23)33-25/h3-14,22,25H,15-16H2,1-2H3. The second-order valence-electron chi connectivity index (χ2n) is 7.82. The van der Waals surface area contributed by atoms with Gasteiger partial charge in [0.2, 0.25) is 6.10 Å². The highest BCUT2D eigenvalue weighted by atomic mass is 16.6. The second-order valence-corrected chi connectivity index (χ2v) is 7.82. The molecule has 7 nitrogen and oxygen atoms in total. The fraction of sp³-hybridized carbons (Fsp3) is 0.231. The molecule has 1 amide bonds. The molecule has 2 heterocycles. The van der Waals surface area contributed by atoms with Crippen LogP contribution < -0.4 is 18.9 Å². The molecular weight excluding hydrogens is 420 g/mol. The first-order valence-electron chi connectivity index (χ1n) is 10.7. The number of hydrogen-bond donors (Lipinski definition) is 0. The molecule has 2 aliphatic rings. The van der Waals surface area contributed by atoms with Crippen molar-refractivity contribution in [3.8, 4) is 23.0 Å². The van der Waals surface area contributed by atoms with Crippen LogP contribution in [0.5, 0.6) is 23.0 Å². The van der Waals surface area contributed by atoms with Gasteiger partial charge in [0.1, 0.15) is 18.1 Å². The average molecular weight is 444 g/mol. The lowest BCUT2D eigenvalue weighted by Gasteiger charge is -2.30. The Morgan fingerprint density at radius 1 is 0.909 bits per heavy atom. The highest BCUT2D eigenvalue weighted by Gasteiger charge is 2.39. The molecule has 0 saturated heterocycles. The number of carbonyl (C=O) groups is 1. The van der Waals surface area contributed by atoms with E-state index in [1.807, 2.05) is 66.7 Å². The zero-order valence-corrected chi connectivity index (χ0v) is 18.4. The van der Waals surface area contributed by atoms with Crippen molar-refractivity contribution < 1.29 is 23.7 Å². The summed E-state index contributed by atoms with van der Waals surface area (Å²) in [4.78, 5) is 13.6. The molecule has 3 aromatic carbocycles. The smallest absolute Gasteiger partial charge is 0.287 e. The Bertz CT molecular complexity index is 1170. The number of fused-ring (bicyclic) bond motifs is 1. The van der Waals surface area contributed by atoms with Gasteiger partial charge < -0.3 is 18.9 Å². The lowest BCUT2D eigenvalue weighted by Crippen LogP contribution is -2.44. The van der Waals surface area contributed by atoms with E-state index >= 15 is 0 Å². The number of methoxy groups -OCH3 is 2. The third-order valence-electron chi connectivity index (χ3n) is 5.84. The second kappa shape index (κ2) is 8.86. The van der Waals surface area contributed by atoms with Crippen molar-refractivity contribution in [2.24, 2.45) is 5.10 Å². The number of para-hydroxylation sites is 2. The van der Waals surface area contributed by atoms with Crippen molar-refractivity contribution in [3.05, 3.63) is 83.9 Å². The normalized spacial score (nSPS) is 19.1. The molecule has 0 saturated carbocycles. The molecular formula is C26H24N2O5. The van der Waals surface area contributed by atoms with Crippen molar-refractivity contribution in [2.45, 2.75) is 18.6 Å². The Balaban J connectivity index is 1.45. The number of hydrogen-bond acceptors (Lipinski definition) is 6. The van der Waals surface area contributed by atoms with E-state index in [0.29, 0.717) is 17.9 Å². The van der Waals surface area contributed by atoms with Crippen molar-refractivity contribution in [1.29, 1.82) is 0 Å². The van der Waals surface area contributed by atoms with Crippen LogP contribution in [-0.4, -0.2) is 43.6 Å². The van der Waals surface area contributed by atoms with E-state index in [1.165, 1.54) is 5.01 Å². The molecule has 0 spiro atoms. The lowest BCUT2D eigenvalue weighted by molar-refractivity contribution is -0.143. The number of carbonyl (C=O) groups excluding carboxylic acids is 1. The zero-order chi connectivity index (χ0) is 22.8. The maximum Gasteiger partial charge on any atom is 0.287 e. The largest absolute Gasteiger partial charge is 0.497 e. The molecule has 0 radical (unpaired) electrons. The summed E-state index contributed by atoms with van der Waals surface area (Å²) in [6, 6.07) is 22.5. The molecule has 2 atom stereocenters. The van der Waals surface area contributed by atoms with Gasteiger partial charge in [0.15, 0.2) is 11.5 Å². The van der Waals surface area contributed by atoms with Gasteiger partial charge in [0.25, 0.3) is 5.91 Å². The average Bonchev–Trinajstić information content (AvgIpc) is 3.33. The molecule has 0 aliphatic carbocycles. The molecule has 2 aliphatic heterocycles. The minimum atomic E-state index is -0.778. The van der Waals surface area contributed by atoms with E-state index in [1.54, 1.807) is 20.3 Å². The minimum Gasteiger partial charge on any atom is -0.497 e. The topological polar surface area (TPSA) is 69.6 Å². The first-order chi connectivity index (χ1) is 16.2. The molecule has 7 heteroatoms. The molecule has 0 bridgehead atoms. The van der Waals surface area contributed by atoms with Gasteiger partial charge in [-0.3, -0.25) is 4.79 Å². The SMILES string of the molecule is COc1ccc(C2=NN(C(=O)C3COc4ccccc4O3)C(c3ccc(OC)cc3)C2)cc1. The van der Waals surface area contributed by atoms with E-state index < -0.39 is 6.10 Å². The van der Waals surface area contributed by atoms with E-state index in [0.717, 1.165) is 28.3 Å². The summed E-state index contributed by atoms with van der Waals surface area (Å²) in [5.41, 5.74) is 2.73. The minimum absolute atomic E-state index is 0.134. The molecule has 33 heavy (non-hydrogen) atoms. The maximum atomic E-state index is 13.6. The number of nitrogens with zero attached hydrogens (tertiary/aromatic N) is 2. The molecule has 3 aromatic rings. The quantitative estimate of drug-likeness (QED) is 0.589. The maximum absolute atomic E-state index is 13.6. The van der Waals surface area contributed by atoms with Crippen molar-refractivity contribution in [2.75, 3.05) is 20.8 Å². The van der Waals surface area contributed by atoms with Crippen molar-refractivity contribution >= 4 is 11.6 Å². The third kappa shape index (κ3) is 4.09. The van der Waals surface area contributed by atoms with Gasteiger partial charge in [-0.1, -0.05) is 24.3 Å². The van der Waals surface area contributed by atoms with Crippen molar-refractivity contribution in [3.63, 3.8) is 0 Å².